The Balaban J connectivity index is 0.000000587. The van der Waals surface area contributed by atoms with Gasteiger partial charge in [0.05, 0.1) is 19.2 Å². The second kappa shape index (κ2) is 24.0. The van der Waals surface area contributed by atoms with Gasteiger partial charge < -0.3 is 15.8 Å². The lowest BCUT2D eigenvalue weighted by Gasteiger charge is -2.19. The van der Waals surface area contributed by atoms with Gasteiger partial charge in [0.25, 0.3) is 0 Å². The van der Waals surface area contributed by atoms with E-state index >= 15 is 0 Å². The number of nitrogens with one attached hydrogen (secondary N) is 3. The lowest BCUT2D eigenvalue weighted by Crippen LogP contribution is -2.34. The number of nitrogens with zero attached hydrogens (tertiary/aromatic N) is 15. The smallest absolute Gasteiger partial charge is 0.407 e. The van der Waals surface area contributed by atoms with Crippen LogP contribution in [0.15, 0.2) is 19.2 Å². The summed E-state index contributed by atoms with van der Waals surface area (Å²) in [6, 6.07) is 1.69. The van der Waals surface area contributed by atoms with E-state index in [0.29, 0.717) is 37.8 Å². The first kappa shape index (κ1) is 39.5. The molecule has 4 rings (SSSR count). The van der Waals surface area contributed by atoms with E-state index in [0.717, 1.165) is 30.9 Å². The second-order valence-electron chi connectivity index (χ2n) is 9.02. The number of amides is 1. The summed E-state index contributed by atoms with van der Waals surface area (Å²) in [7, 11) is 0. The number of nitrogens with two attached hydrogens (primary N) is 1. The maximum atomic E-state index is 11.3. The van der Waals surface area contributed by atoms with Gasteiger partial charge in [-0.15, -0.1) is 40.8 Å². The van der Waals surface area contributed by atoms with Gasteiger partial charge >= 0.3 is 6.09 Å². The monoisotopic (exact) mass is 629 g/mol. The molecule has 21 nitrogen and oxygen atoms in total. The van der Waals surface area contributed by atoms with Gasteiger partial charge in [-0.25, -0.2) is 4.79 Å². The lowest BCUT2D eigenvalue weighted by molar-refractivity contribution is 0.0525. The van der Waals surface area contributed by atoms with E-state index in [-0.39, 0.29) is 0 Å². The average molecular weight is 630 g/mol. The van der Waals surface area contributed by atoms with Gasteiger partial charge in [0.15, 0.2) is 23.3 Å². The number of hydrogen-bond acceptors (Lipinski definition) is 16. The second-order valence-corrected chi connectivity index (χ2v) is 9.02. The molecule has 4 aromatic heterocycles. The van der Waals surface area contributed by atoms with Crippen LogP contribution in [0.5, 0.6) is 0 Å². The van der Waals surface area contributed by atoms with Crippen molar-refractivity contribution >= 4 is 12.2 Å². The molecule has 21 heteroatoms. The molecular weight excluding hydrogens is 586 g/mol. The molecule has 0 aromatic carbocycles. The van der Waals surface area contributed by atoms with Crippen LogP contribution in [0.4, 0.5) is 4.79 Å². The highest BCUT2D eigenvalue weighted by Gasteiger charge is 2.15. The molecule has 1 amide bonds. The van der Waals surface area contributed by atoms with Crippen LogP contribution in [-0.4, -0.2) is 106 Å². The first-order valence-corrected chi connectivity index (χ1v) is 13.8. The van der Waals surface area contributed by atoms with E-state index in [1.54, 1.807) is 6.07 Å². The average Bonchev–Trinajstić information content (AvgIpc) is 3.86. The molecule has 0 saturated carbocycles. The van der Waals surface area contributed by atoms with Crippen molar-refractivity contribution in [2.24, 2.45) is 5.73 Å². The molecule has 4 aromatic rings. The number of allylic oxidation sites excluding steroid dienone is 1. The van der Waals surface area contributed by atoms with Crippen molar-refractivity contribution in [3.63, 3.8) is 0 Å². The standard InChI is InChI=1S/C10H19N5O2.C5H11N5.C3H6N4.C3H4N4.C3H3N/c1-5-8-12-14-15(13-8)7-6-11-9(16)17-10(2,3)4;1-2-5-7-9-10(8-5)4-3-6;2*1-2-3-4-6-7-5-3;1-2-3-4/h5-7H2,1-4H3,(H,11,16);2-4,6H2,1H3;2H2,1H3,(H,4,5,6,7);2H,1H2,(H,4,5,6,7);2H,1H2. The fourth-order valence-electron chi connectivity index (χ4n) is 2.30. The predicted molar refractivity (Wildman–Crippen MR) is 161 cm³/mol. The van der Waals surface area contributed by atoms with Crippen molar-refractivity contribution < 1.29 is 9.53 Å². The molecule has 45 heavy (non-hydrogen) atoms. The van der Waals surface area contributed by atoms with Crippen LogP contribution in [0.2, 0.25) is 0 Å². The molecule has 0 bridgehead atoms. The first-order chi connectivity index (χ1) is 21.5. The Morgan fingerprint density at radius 1 is 0.933 bits per heavy atom. The zero-order valence-electron chi connectivity index (χ0n) is 26.6. The number of hydrogen-bond donors (Lipinski definition) is 4. The number of ether oxygens (including phenoxy) is 1. The number of nitriles is 1. The van der Waals surface area contributed by atoms with Gasteiger partial charge in [-0.2, -0.15) is 25.3 Å². The van der Waals surface area contributed by atoms with Gasteiger partial charge in [-0.3, -0.25) is 0 Å². The number of alkyl carbamates (subject to hydrolysis) is 1. The Kier molecular flexibility index (Phi) is 21.0. The third-order valence-electron chi connectivity index (χ3n) is 4.27. The molecular formula is C24H43N19O2. The van der Waals surface area contributed by atoms with Gasteiger partial charge in [0, 0.05) is 38.4 Å². The van der Waals surface area contributed by atoms with Crippen LogP contribution in [0.25, 0.3) is 6.08 Å². The summed E-state index contributed by atoms with van der Waals surface area (Å²) >= 11 is 0. The predicted octanol–water partition coefficient (Wildman–Crippen LogP) is 0.255. The highest BCUT2D eigenvalue weighted by molar-refractivity contribution is 5.67. The van der Waals surface area contributed by atoms with E-state index in [4.69, 9.17) is 15.7 Å². The summed E-state index contributed by atoms with van der Waals surface area (Å²) < 4.78 is 5.09. The quantitative estimate of drug-likeness (QED) is 0.180. The summed E-state index contributed by atoms with van der Waals surface area (Å²) in [6.45, 7) is 20.0. The third kappa shape index (κ3) is 20.9. The highest BCUT2D eigenvalue weighted by atomic mass is 16.6. The van der Waals surface area contributed by atoms with Crippen LogP contribution in [0.3, 0.4) is 0 Å². The van der Waals surface area contributed by atoms with Crippen molar-refractivity contribution in [1.29, 1.82) is 5.26 Å². The molecule has 0 radical (unpaired) electrons. The Morgan fingerprint density at radius 2 is 1.47 bits per heavy atom. The van der Waals surface area contributed by atoms with E-state index in [1.807, 2.05) is 41.5 Å². The zero-order valence-corrected chi connectivity index (χ0v) is 26.6. The van der Waals surface area contributed by atoms with Crippen LogP contribution in [0, 0.1) is 11.3 Å². The summed E-state index contributed by atoms with van der Waals surface area (Å²) in [5, 5.41) is 59.3. The number of H-pyrrole nitrogens is 2. The number of rotatable bonds is 9. The van der Waals surface area contributed by atoms with E-state index in [2.05, 4.69) is 90.5 Å². The molecule has 4 heterocycles. The number of tetrazole rings is 4. The topological polar surface area (TPSA) is 284 Å². The fraction of sp³-hybridized carbons (Fsp3) is 0.583. The number of aryl methyl sites for hydroxylation is 3. The molecule has 0 aliphatic rings. The Hall–Kier alpha value is -5.52. The normalized spacial score (nSPS) is 9.64. The first-order valence-electron chi connectivity index (χ1n) is 13.8. The number of carbonyl (C=O) groups excluding carboxylic acids is 1. The molecule has 0 atom stereocenters. The number of aromatic nitrogens is 16. The largest absolute Gasteiger partial charge is 0.444 e. The summed E-state index contributed by atoms with van der Waals surface area (Å²) in [5.41, 5.74) is 4.80. The molecule has 0 unspecified atom stereocenters. The van der Waals surface area contributed by atoms with Crippen LogP contribution in [-0.2, 0) is 37.1 Å². The molecule has 5 N–H and O–H groups in total. The van der Waals surface area contributed by atoms with Crippen molar-refractivity contribution in [3.8, 4) is 6.07 Å². The van der Waals surface area contributed by atoms with Crippen LogP contribution in [0.1, 0.15) is 64.8 Å². The summed E-state index contributed by atoms with van der Waals surface area (Å²) in [5.74, 6) is 2.76. The SMILES string of the molecule is C=CC#N.C=Cc1nn[nH]n1.CCc1nn[nH]n1.CCc1nnn(CCN)n1.CCc1nnn(CCNC(=O)OC(C)(C)C)n1. The van der Waals surface area contributed by atoms with Crippen molar-refractivity contribution in [3.05, 3.63) is 42.5 Å². The Morgan fingerprint density at radius 3 is 1.80 bits per heavy atom. The molecule has 0 aliphatic heterocycles. The van der Waals surface area contributed by atoms with Crippen LogP contribution >= 0.6 is 0 Å². The van der Waals surface area contributed by atoms with Crippen molar-refractivity contribution in [2.75, 3.05) is 13.1 Å². The molecule has 0 saturated heterocycles. The molecule has 246 valence electrons. The van der Waals surface area contributed by atoms with Crippen molar-refractivity contribution in [2.45, 2.75) is 79.5 Å². The highest BCUT2D eigenvalue weighted by Crippen LogP contribution is 2.06. The minimum atomic E-state index is -0.481. The van der Waals surface area contributed by atoms with Gasteiger partial charge in [-0.05, 0) is 42.5 Å². The van der Waals surface area contributed by atoms with Gasteiger partial charge in [0.1, 0.15) is 5.60 Å². The minimum absolute atomic E-state index is 0.411. The summed E-state index contributed by atoms with van der Waals surface area (Å²) in [4.78, 5) is 14.3. The van der Waals surface area contributed by atoms with E-state index in [1.165, 1.54) is 21.7 Å². The zero-order chi connectivity index (χ0) is 33.9. The maximum Gasteiger partial charge on any atom is 0.407 e. The maximum absolute atomic E-state index is 11.3. The Bertz CT molecular complexity index is 1330. The van der Waals surface area contributed by atoms with E-state index < -0.39 is 11.7 Å². The molecule has 0 spiro atoms. The fourth-order valence-corrected chi connectivity index (χ4v) is 2.30. The lowest BCUT2D eigenvalue weighted by atomic mass is 10.2. The molecule has 0 fully saturated rings. The van der Waals surface area contributed by atoms with E-state index in [9.17, 15) is 4.79 Å². The number of carbonyl (C=O) groups is 1. The summed E-state index contributed by atoms with van der Waals surface area (Å²) in [6.07, 6.45) is 4.68. The van der Waals surface area contributed by atoms with Gasteiger partial charge in [-0.1, -0.05) is 39.1 Å². The molecule has 0 aliphatic carbocycles. The van der Waals surface area contributed by atoms with Gasteiger partial charge in [0.2, 0.25) is 0 Å². The van der Waals surface area contributed by atoms with Crippen LogP contribution < -0.4 is 11.1 Å². The van der Waals surface area contributed by atoms with Crippen molar-refractivity contribution in [1.82, 2.24) is 87.0 Å². The Labute approximate surface area is 261 Å². The number of aromatic amines is 2. The third-order valence-corrected chi connectivity index (χ3v) is 4.27. The minimum Gasteiger partial charge on any atom is -0.444 e.